The summed E-state index contributed by atoms with van der Waals surface area (Å²) >= 11 is 0. The van der Waals surface area contributed by atoms with Gasteiger partial charge in [0, 0.05) is 22.4 Å². The largest absolute Gasteiger partial charge is 0.384 e. The van der Waals surface area contributed by atoms with Crippen LogP contribution >= 0.6 is 0 Å². The van der Waals surface area contributed by atoms with Gasteiger partial charge in [-0.05, 0) is 12.5 Å². The van der Waals surface area contributed by atoms with Gasteiger partial charge in [0.1, 0.15) is 5.84 Å². The highest BCUT2D eigenvalue weighted by Gasteiger charge is 2.05. The Morgan fingerprint density at radius 2 is 1.17 bits per heavy atom. The molecule has 2 aromatic carbocycles. The van der Waals surface area contributed by atoms with Crippen molar-refractivity contribution in [3.8, 4) is 22.5 Å². The minimum Gasteiger partial charge on any atom is -0.384 e. The summed E-state index contributed by atoms with van der Waals surface area (Å²) in [6, 6.07) is 15.1. The predicted molar refractivity (Wildman–Crippen MR) is 96.4 cm³/mol. The molecule has 5 nitrogen and oxygen atoms in total. The van der Waals surface area contributed by atoms with Crippen LogP contribution in [0.25, 0.3) is 22.5 Å². The Labute approximate surface area is 140 Å². The van der Waals surface area contributed by atoms with Crippen molar-refractivity contribution in [2.75, 3.05) is 0 Å². The fourth-order valence-corrected chi connectivity index (χ4v) is 2.34. The lowest BCUT2D eigenvalue weighted by molar-refractivity contribution is 1.21. The second-order valence-electron chi connectivity index (χ2n) is 5.48. The number of hydrogen-bond acceptors (Lipinski definition) is 4. The first-order valence-corrected chi connectivity index (χ1v) is 7.47. The quantitative estimate of drug-likeness (QED) is 0.507. The maximum Gasteiger partial charge on any atom is 0.122 e. The summed E-state index contributed by atoms with van der Waals surface area (Å²) in [7, 11) is 0. The van der Waals surface area contributed by atoms with E-state index in [2.05, 4.69) is 9.97 Å². The molecule has 0 aliphatic carbocycles. The lowest BCUT2D eigenvalue weighted by Gasteiger charge is -2.05. The van der Waals surface area contributed by atoms with Gasteiger partial charge in [-0.25, -0.2) is 0 Å². The van der Waals surface area contributed by atoms with Crippen LogP contribution in [0.2, 0.25) is 0 Å². The van der Waals surface area contributed by atoms with Crippen LogP contribution in [0.3, 0.4) is 0 Å². The Bertz CT molecular complexity index is 802. The molecule has 0 amide bonds. The Morgan fingerprint density at radius 1 is 0.750 bits per heavy atom. The van der Waals surface area contributed by atoms with E-state index < -0.39 is 0 Å². The Hall–Kier alpha value is -3.34. The Kier molecular flexibility index (Phi) is 4.16. The van der Waals surface area contributed by atoms with E-state index in [1.807, 2.05) is 36.4 Å². The van der Waals surface area contributed by atoms with E-state index >= 15 is 0 Å². The highest BCUT2D eigenvalue weighted by atomic mass is 14.8. The molecular weight excluding hydrogens is 298 g/mol. The van der Waals surface area contributed by atoms with Gasteiger partial charge >= 0.3 is 0 Å². The van der Waals surface area contributed by atoms with Crippen LogP contribution in [0.15, 0.2) is 60.9 Å². The first-order chi connectivity index (χ1) is 11.5. The smallest absolute Gasteiger partial charge is 0.122 e. The number of nitrogens with two attached hydrogens (primary N) is 1. The SMILES string of the molecule is CC(=N)c1ccc(-c2cnc(-c3ccc(C(=N)N)cc3)cn2)cc1. The summed E-state index contributed by atoms with van der Waals surface area (Å²) in [5, 5.41) is 15.0. The van der Waals surface area contributed by atoms with E-state index in [0.29, 0.717) is 11.3 Å². The zero-order chi connectivity index (χ0) is 17.1. The van der Waals surface area contributed by atoms with Gasteiger partial charge in [0.2, 0.25) is 0 Å². The molecule has 0 unspecified atom stereocenters. The molecule has 0 radical (unpaired) electrons. The molecule has 1 heterocycles. The number of benzene rings is 2. The van der Waals surface area contributed by atoms with Gasteiger partial charge in [-0.2, -0.15) is 0 Å². The van der Waals surface area contributed by atoms with Gasteiger partial charge in [0.25, 0.3) is 0 Å². The van der Waals surface area contributed by atoms with Crippen LogP contribution in [-0.4, -0.2) is 21.5 Å². The van der Waals surface area contributed by atoms with Crippen LogP contribution in [0, 0.1) is 10.8 Å². The third-order valence-electron chi connectivity index (χ3n) is 3.76. The molecule has 0 saturated carbocycles. The van der Waals surface area contributed by atoms with Gasteiger partial charge in [0.05, 0.1) is 23.8 Å². The summed E-state index contributed by atoms with van der Waals surface area (Å²) in [5.41, 5.74) is 11.0. The monoisotopic (exact) mass is 315 g/mol. The lowest BCUT2D eigenvalue weighted by atomic mass is 10.1. The highest BCUT2D eigenvalue weighted by Crippen LogP contribution is 2.21. The minimum absolute atomic E-state index is 0.0478. The van der Waals surface area contributed by atoms with Crippen molar-refractivity contribution in [2.45, 2.75) is 6.92 Å². The molecule has 0 aliphatic heterocycles. The molecule has 0 spiro atoms. The van der Waals surface area contributed by atoms with Gasteiger partial charge in [-0.15, -0.1) is 0 Å². The van der Waals surface area contributed by atoms with Crippen molar-refractivity contribution in [2.24, 2.45) is 5.73 Å². The van der Waals surface area contributed by atoms with Gasteiger partial charge in [0.15, 0.2) is 0 Å². The number of amidine groups is 1. The number of nitrogen functional groups attached to an aromatic ring is 1. The highest BCUT2D eigenvalue weighted by molar-refractivity contribution is 5.96. The summed E-state index contributed by atoms with van der Waals surface area (Å²) < 4.78 is 0. The van der Waals surface area contributed by atoms with Gasteiger partial charge in [-0.1, -0.05) is 48.5 Å². The van der Waals surface area contributed by atoms with Crippen molar-refractivity contribution >= 4 is 11.5 Å². The molecule has 0 bridgehead atoms. The number of rotatable bonds is 4. The van der Waals surface area contributed by atoms with E-state index in [-0.39, 0.29) is 5.84 Å². The number of nitrogens with one attached hydrogen (secondary N) is 2. The third kappa shape index (κ3) is 3.20. The van der Waals surface area contributed by atoms with E-state index in [1.165, 1.54) is 0 Å². The summed E-state index contributed by atoms with van der Waals surface area (Å²) in [6.07, 6.45) is 3.47. The maximum absolute atomic E-state index is 7.63. The molecular formula is C19H17N5. The molecule has 3 aromatic rings. The zero-order valence-electron chi connectivity index (χ0n) is 13.2. The van der Waals surface area contributed by atoms with Crippen LogP contribution in [0.4, 0.5) is 0 Å². The van der Waals surface area contributed by atoms with Crippen molar-refractivity contribution in [3.05, 3.63) is 72.1 Å². The summed E-state index contributed by atoms with van der Waals surface area (Å²) in [6.45, 7) is 1.76. The fourth-order valence-electron chi connectivity index (χ4n) is 2.34. The van der Waals surface area contributed by atoms with Crippen LogP contribution in [0.1, 0.15) is 18.1 Å². The third-order valence-corrected chi connectivity index (χ3v) is 3.76. The molecule has 3 rings (SSSR count). The maximum atomic E-state index is 7.63. The molecule has 0 saturated heterocycles. The second kappa shape index (κ2) is 6.42. The topological polar surface area (TPSA) is 99.5 Å². The Morgan fingerprint density at radius 3 is 1.50 bits per heavy atom. The minimum atomic E-state index is 0.0478. The molecule has 5 heteroatoms. The fraction of sp³-hybridized carbons (Fsp3) is 0.0526. The predicted octanol–water partition coefficient (Wildman–Crippen LogP) is 3.48. The Balaban J connectivity index is 1.84. The molecule has 0 aliphatic rings. The average Bonchev–Trinajstić information content (AvgIpc) is 2.62. The first kappa shape index (κ1) is 15.6. The van der Waals surface area contributed by atoms with Crippen molar-refractivity contribution < 1.29 is 0 Å². The van der Waals surface area contributed by atoms with Crippen molar-refractivity contribution in [1.29, 1.82) is 10.8 Å². The lowest BCUT2D eigenvalue weighted by Crippen LogP contribution is -2.10. The standard InChI is InChI=1S/C19H17N5/c1-12(20)13-2-4-14(5-3-13)17-10-24-18(11-23-17)15-6-8-16(9-7-15)19(21)22/h2-11,20H,1H3,(H3,21,22). The molecule has 4 N–H and O–H groups in total. The molecule has 1 aromatic heterocycles. The van der Waals surface area contributed by atoms with Gasteiger partial charge < -0.3 is 11.1 Å². The average molecular weight is 315 g/mol. The molecule has 0 atom stereocenters. The summed E-state index contributed by atoms with van der Waals surface area (Å²) in [4.78, 5) is 8.94. The van der Waals surface area contributed by atoms with Crippen LogP contribution < -0.4 is 5.73 Å². The first-order valence-electron chi connectivity index (χ1n) is 7.47. The molecule has 118 valence electrons. The van der Waals surface area contributed by atoms with E-state index in [9.17, 15) is 0 Å². The normalized spacial score (nSPS) is 10.4. The second-order valence-corrected chi connectivity index (χ2v) is 5.48. The van der Waals surface area contributed by atoms with Gasteiger partial charge in [-0.3, -0.25) is 15.4 Å². The molecule has 24 heavy (non-hydrogen) atoms. The van der Waals surface area contributed by atoms with E-state index in [4.69, 9.17) is 16.6 Å². The van der Waals surface area contributed by atoms with Crippen LogP contribution in [-0.2, 0) is 0 Å². The number of hydrogen-bond donors (Lipinski definition) is 3. The van der Waals surface area contributed by atoms with E-state index in [0.717, 1.165) is 28.1 Å². The summed E-state index contributed by atoms with van der Waals surface area (Å²) in [5.74, 6) is 0.0478. The number of aromatic nitrogens is 2. The van der Waals surface area contributed by atoms with Crippen molar-refractivity contribution in [1.82, 2.24) is 9.97 Å². The number of nitrogens with zero attached hydrogens (tertiary/aromatic N) is 2. The molecule has 0 fully saturated rings. The van der Waals surface area contributed by atoms with Crippen molar-refractivity contribution in [3.63, 3.8) is 0 Å². The van der Waals surface area contributed by atoms with Crippen LogP contribution in [0.5, 0.6) is 0 Å². The van der Waals surface area contributed by atoms with E-state index in [1.54, 1.807) is 31.5 Å². The zero-order valence-corrected chi connectivity index (χ0v) is 13.2.